The number of benzene rings is 1. The molecule has 0 atom stereocenters. The second-order valence-corrected chi connectivity index (χ2v) is 6.87. The minimum absolute atomic E-state index is 0.197. The Morgan fingerprint density at radius 3 is 2.57 bits per heavy atom. The fourth-order valence-electron chi connectivity index (χ4n) is 3.06. The summed E-state index contributed by atoms with van der Waals surface area (Å²) >= 11 is 1.61. The number of nitrogens with zero attached hydrogens (tertiary/aromatic N) is 2. The summed E-state index contributed by atoms with van der Waals surface area (Å²) in [4.78, 5) is 18.0. The molecule has 1 amide bonds. The molecule has 2 aliphatic heterocycles. The molecule has 0 spiro atoms. The van der Waals surface area contributed by atoms with E-state index in [0.29, 0.717) is 6.04 Å². The third-order valence-electron chi connectivity index (χ3n) is 4.51. The SMILES string of the molecule is O=C(c1cc2ccccc2s1)N1CCN(C2CNC2)CC1. The van der Waals surface area contributed by atoms with Crippen LogP contribution in [0.1, 0.15) is 9.67 Å². The third-order valence-corrected chi connectivity index (χ3v) is 5.62. The van der Waals surface area contributed by atoms with Crippen molar-refractivity contribution in [3.63, 3.8) is 0 Å². The van der Waals surface area contributed by atoms with Gasteiger partial charge >= 0.3 is 0 Å². The van der Waals surface area contributed by atoms with E-state index < -0.39 is 0 Å². The summed E-state index contributed by atoms with van der Waals surface area (Å²) in [5.41, 5.74) is 0. The van der Waals surface area contributed by atoms with Crippen LogP contribution in [-0.2, 0) is 0 Å². The number of hydrogen-bond donors (Lipinski definition) is 1. The Labute approximate surface area is 128 Å². The lowest BCUT2D eigenvalue weighted by Crippen LogP contribution is -2.62. The highest BCUT2D eigenvalue weighted by atomic mass is 32.1. The summed E-state index contributed by atoms with van der Waals surface area (Å²) in [5.74, 6) is 0.197. The first-order valence-electron chi connectivity index (χ1n) is 7.54. The van der Waals surface area contributed by atoms with Crippen LogP contribution >= 0.6 is 11.3 Å². The molecule has 4 nitrogen and oxygen atoms in total. The molecule has 0 bridgehead atoms. The van der Waals surface area contributed by atoms with Crippen molar-refractivity contribution in [1.29, 1.82) is 0 Å². The molecule has 2 aliphatic rings. The summed E-state index contributed by atoms with van der Waals surface area (Å²) in [5, 5.41) is 4.48. The van der Waals surface area contributed by atoms with Crippen molar-refractivity contribution in [2.24, 2.45) is 0 Å². The van der Waals surface area contributed by atoms with Gasteiger partial charge in [-0.3, -0.25) is 9.69 Å². The first-order valence-corrected chi connectivity index (χ1v) is 8.35. The summed E-state index contributed by atoms with van der Waals surface area (Å²) in [6, 6.07) is 10.9. The van der Waals surface area contributed by atoms with E-state index in [1.807, 2.05) is 23.1 Å². The molecule has 0 saturated carbocycles. The van der Waals surface area contributed by atoms with Crippen molar-refractivity contribution in [2.75, 3.05) is 39.3 Å². The van der Waals surface area contributed by atoms with E-state index in [9.17, 15) is 4.79 Å². The number of rotatable bonds is 2. The molecule has 1 aromatic heterocycles. The van der Waals surface area contributed by atoms with E-state index in [1.54, 1.807) is 11.3 Å². The number of hydrogen-bond acceptors (Lipinski definition) is 4. The molecule has 3 heterocycles. The van der Waals surface area contributed by atoms with Gasteiger partial charge in [-0.15, -0.1) is 11.3 Å². The second-order valence-electron chi connectivity index (χ2n) is 5.79. The quantitative estimate of drug-likeness (QED) is 0.916. The van der Waals surface area contributed by atoms with Crippen LogP contribution in [-0.4, -0.2) is 61.0 Å². The lowest BCUT2D eigenvalue weighted by molar-refractivity contribution is 0.0506. The van der Waals surface area contributed by atoms with Gasteiger partial charge in [0, 0.05) is 50.0 Å². The molecule has 110 valence electrons. The average Bonchev–Trinajstić information content (AvgIpc) is 2.89. The van der Waals surface area contributed by atoms with Gasteiger partial charge in [0.25, 0.3) is 5.91 Å². The maximum absolute atomic E-state index is 12.6. The van der Waals surface area contributed by atoms with E-state index in [-0.39, 0.29) is 5.91 Å². The van der Waals surface area contributed by atoms with Crippen LogP contribution < -0.4 is 5.32 Å². The summed E-state index contributed by atoms with van der Waals surface area (Å²) < 4.78 is 1.19. The van der Waals surface area contributed by atoms with Gasteiger partial charge in [0.1, 0.15) is 0 Å². The van der Waals surface area contributed by atoms with Gasteiger partial charge in [0.2, 0.25) is 0 Å². The fraction of sp³-hybridized carbons (Fsp3) is 0.438. The highest BCUT2D eigenvalue weighted by Crippen LogP contribution is 2.26. The topological polar surface area (TPSA) is 35.6 Å². The Bertz CT molecular complexity index is 623. The van der Waals surface area contributed by atoms with Crippen LogP contribution in [0.5, 0.6) is 0 Å². The van der Waals surface area contributed by atoms with Crippen LogP contribution in [0.3, 0.4) is 0 Å². The van der Waals surface area contributed by atoms with Gasteiger partial charge in [-0.2, -0.15) is 0 Å². The molecule has 2 fully saturated rings. The van der Waals surface area contributed by atoms with E-state index >= 15 is 0 Å². The molecule has 1 N–H and O–H groups in total. The largest absolute Gasteiger partial charge is 0.335 e. The predicted molar refractivity (Wildman–Crippen MR) is 86.0 cm³/mol. The number of carbonyl (C=O) groups is 1. The normalized spacial score (nSPS) is 20.7. The fourth-order valence-corrected chi connectivity index (χ4v) is 4.10. The molecule has 2 aromatic rings. The van der Waals surface area contributed by atoms with Crippen molar-refractivity contribution in [3.8, 4) is 0 Å². The molecular weight excluding hydrogens is 282 g/mol. The maximum atomic E-state index is 12.6. The van der Waals surface area contributed by atoms with Gasteiger partial charge < -0.3 is 10.2 Å². The van der Waals surface area contributed by atoms with E-state index in [4.69, 9.17) is 0 Å². The van der Waals surface area contributed by atoms with E-state index in [1.165, 1.54) is 10.1 Å². The molecule has 5 heteroatoms. The standard InChI is InChI=1S/C16H19N3OS/c20-16(15-9-12-3-1-2-4-14(12)21-15)19-7-5-18(6-8-19)13-10-17-11-13/h1-4,9,13,17H,5-8,10-11H2. The molecule has 0 radical (unpaired) electrons. The molecule has 1 aromatic carbocycles. The molecule has 4 rings (SSSR count). The minimum atomic E-state index is 0.197. The lowest BCUT2D eigenvalue weighted by Gasteiger charge is -2.43. The Morgan fingerprint density at radius 1 is 1.14 bits per heavy atom. The highest BCUT2D eigenvalue weighted by Gasteiger charge is 2.29. The zero-order chi connectivity index (χ0) is 14.2. The van der Waals surface area contributed by atoms with Crippen molar-refractivity contribution >= 4 is 27.3 Å². The van der Waals surface area contributed by atoms with Gasteiger partial charge in [-0.1, -0.05) is 18.2 Å². The van der Waals surface area contributed by atoms with Crippen LogP contribution in [0.25, 0.3) is 10.1 Å². The maximum Gasteiger partial charge on any atom is 0.264 e. The first-order chi connectivity index (χ1) is 10.3. The monoisotopic (exact) mass is 301 g/mol. The first kappa shape index (κ1) is 13.2. The van der Waals surface area contributed by atoms with Crippen LogP contribution in [0, 0.1) is 0 Å². The number of fused-ring (bicyclic) bond motifs is 1. The Kier molecular flexibility index (Phi) is 3.41. The summed E-state index contributed by atoms with van der Waals surface area (Å²) in [6.45, 7) is 5.91. The zero-order valence-corrected chi connectivity index (χ0v) is 12.7. The molecule has 21 heavy (non-hydrogen) atoms. The highest BCUT2D eigenvalue weighted by molar-refractivity contribution is 7.20. The number of carbonyl (C=O) groups excluding carboxylic acids is 1. The lowest BCUT2D eigenvalue weighted by atomic mass is 10.1. The zero-order valence-electron chi connectivity index (χ0n) is 11.9. The van der Waals surface area contributed by atoms with Crippen LogP contribution in [0.15, 0.2) is 30.3 Å². The molecular formula is C16H19N3OS. The van der Waals surface area contributed by atoms with Gasteiger partial charge in [-0.05, 0) is 17.5 Å². The van der Waals surface area contributed by atoms with Crippen molar-refractivity contribution in [3.05, 3.63) is 35.2 Å². The third kappa shape index (κ3) is 2.46. The Hall–Kier alpha value is -1.43. The number of nitrogens with one attached hydrogen (secondary N) is 1. The number of amides is 1. The van der Waals surface area contributed by atoms with E-state index in [2.05, 4.69) is 22.3 Å². The van der Waals surface area contributed by atoms with Gasteiger partial charge in [0.15, 0.2) is 0 Å². The molecule has 0 aliphatic carbocycles. The summed E-state index contributed by atoms with van der Waals surface area (Å²) in [6.07, 6.45) is 0. The van der Waals surface area contributed by atoms with Gasteiger partial charge in [-0.25, -0.2) is 0 Å². The van der Waals surface area contributed by atoms with Crippen molar-refractivity contribution < 1.29 is 4.79 Å². The van der Waals surface area contributed by atoms with E-state index in [0.717, 1.165) is 44.1 Å². The van der Waals surface area contributed by atoms with Crippen molar-refractivity contribution in [1.82, 2.24) is 15.1 Å². The van der Waals surface area contributed by atoms with Crippen LogP contribution in [0.2, 0.25) is 0 Å². The smallest absolute Gasteiger partial charge is 0.264 e. The van der Waals surface area contributed by atoms with Gasteiger partial charge in [0.05, 0.1) is 4.88 Å². The molecule has 2 saturated heterocycles. The number of thiophene rings is 1. The minimum Gasteiger partial charge on any atom is -0.335 e. The summed E-state index contributed by atoms with van der Waals surface area (Å²) in [7, 11) is 0. The number of piperazine rings is 1. The predicted octanol–water partition coefficient (Wildman–Crippen LogP) is 1.63. The molecule has 0 unspecified atom stereocenters. The Morgan fingerprint density at radius 2 is 1.90 bits per heavy atom. The van der Waals surface area contributed by atoms with Crippen molar-refractivity contribution in [2.45, 2.75) is 6.04 Å². The Balaban J connectivity index is 1.45. The average molecular weight is 301 g/mol. The second kappa shape index (κ2) is 5.40. The van der Waals surface area contributed by atoms with Crippen LogP contribution in [0.4, 0.5) is 0 Å².